The van der Waals surface area contributed by atoms with Crippen LogP contribution < -0.4 is 25.4 Å². The number of fused-ring (bicyclic) bond motifs is 1. The first-order chi connectivity index (χ1) is 18.7. The number of methoxy groups -OCH3 is 1. The van der Waals surface area contributed by atoms with Gasteiger partial charge in [0.15, 0.2) is 11.6 Å². The molecule has 202 valence electrons. The van der Waals surface area contributed by atoms with Crippen molar-refractivity contribution in [3.8, 4) is 17.4 Å². The van der Waals surface area contributed by atoms with Crippen LogP contribution in [0.4, 0.5) is 25.0 Å². The van der Waals surface area contributed by atoms with Crippen LogP contribution in [0.5, 0.6) is 17.4 Å². The van der Waals surface area contributed by atoms with Gasteiger partial charge in [-0.25, -0.2) is 23.5 Å². The highest BCUT2D eigenvalue weighted by molar-refractivity contribution is 5.98. The van der Waals surface area contributed by atoms with Crippen molar-refractivity contribution in [1.82, 2.24) is 15.3 Å². The summed E-state index contributed by atoms with van der Waals surface area (Å²) in [7, 11) is 1.47. The quantitative estimate of drug-likeness (QED) is 0.255. The Morgan fingerprint density at radius 1 is 0.949 bits per heavy atom. The first kappa shape index (κ1) is 27.2. The number of ether oxygens (including phenoxy) is 2. The number of halogens is 2. The van der Waals surface area contributed by atoms with Gasteiger partial charge in [-0.05, 0) is 42.3 Å². The van der Waals surface area contributed by atoms with Gasteiger partial charge in [-0.3, -0.25) is 4.79 Å². The van der Waals surface area contributed by atoms with Crippen molar-refractivity contribution in [2.24, 2.45) is 5.92 Å². The zero-order chi connectivity index (χ0) is 27.9. The summed E-state index contributed by atoms with van der Waals surface area (Å²) in [4.78, 5) is 32.8. The molecule has 11 heteroatoms. The highest BCUT2D eigenvalue weighted by Gasteiger charge is 2.17. The topological polar surface area (TPSA) is 114 Å². The number of hydrogen-bond acceptors (Lipinski definition) is 6. The molecule has 0 atom stereocenters. The van der Waals surface area contributed by atoms with Crippen molar-refractivity contribution in [3.05, 3.63) is 78.1 Å². The van der Waals surface area contributed by atoms with Crippen LogP contribution in [-0.4, -0.2) is 35.6 Å². The molecule has 0 aliphatic heterocycles. The summed E-state index contributed by atoms with van der Waals surface area (Å²) in [6, 6.07) is 12.7. The number of nitrogens with zero attached hydrogens (tertiary/aromatic N) is 2. The highest BCUT2D eigenvalue weighted by Crippen LogP contribution is 2.35. The maximum Gasteiger partial charge on any atom is 0.319 e. The minimum Gasteiger partial charge on any atom is -0.494 e. The maximum atomic E-state index is 14.9. The van der Waals surface area contributed by atoms with Gasteiger partial charge in [0.25, 0.3) is 0 Å². The van der Waals surface area contributed by atoms with Gasteiger partial charge in [0.2, 0.25) is 11.8 Å². The minimum absolute atomic E-state index is 0.0702. The number of rotatable bonds is 9. The molecule has 3 aromatic carbocycles. The Morgan fingerprint density at radius 3 is 2.41 bits per heavy atom. The SMILES string of the molecule is COc1cc2ncnc(Oc3ccc(NC(=O)NCCc4ccc(F)cc4)cc3F)c2cc1NC(=O)C(C)C. The van der Waals surface area contributed by atoms with Gasteiger partial charge in [0.05, 0.1) is 23.7 Å². The molecule has 3 N–H and O–H groups in total. The molecule has 0 fully saturated rings. The van der Waals surface area contributed by atoms with Gasteiger partial charge in [-0.1, -0.05) is 26.0 Å². The lowest BCUT2D eigenvalue weighted by Gasteiger charge is -2.14. The second kappa shape index (κ2) is 12.2. The molecule has 1 heterocycles. The van der Waals surface area contributed by atoms with E-state index in [1.807, 2.05) is 0 Å². The van der Waals surface area contributed by atoms with Crippen molar-refractivity contribution >= 4 is 34.2 Å². The van der Waals surface area contributed by atoms with Gasteiger partial charge >= 0.3 is 6.03 Å². The first-order valence-corrected chi connectivity index (χ1v) is 12.1. The third-order valence-corrected chi connectivity index (χ3v) is 5.71. The van der Waals surface area contributed by atoms with E-state index in [0.29, 0.717) is 35.3 Å². The van der Waals surface area contributed by atoms with Crippen molar-refractivity contribution in [1.29, 1.82) is 0 Å². The predicted molar refractivity (Wildman–Crippen MR) is 143 cm³/mol. The molecule has 0 spiro atoms. The summed E-state index contributed by atoms with van der Waals surface area (Å²) in [5.41, 5.74) is 1.95. The summed E-state index contributed by atoms with van der Waals surface area (Å²) in [5, 5.41) is 8.46. The predicted octanol–water partition coefficient (Wildman–Crippen LogP) is 5.67. The number of urea groups is 1. The summed E-state index contributed by atoms with van der Waals surface area (Å²) < 4.78 is 39.0. The van der Waals surface area contributed by atoms with Crippen LogP contribution in [0, 0.1) is 17.6 Å². The fourth-order valence-electron chi connectivity index (χ4n) is 3.60. The van der Waals surface area contributed by atoms with Crippen LogP contribution in [0.15, 0.2) is 60.9 Å². The van der Waals surface area contributed by atoms with E-state index in [2.05, 4.69) is 25.9 Å². The molecule has 0 aliphatic rings. The van der Waals surface area contributed by atoms with E-state index < -0.39 is 11.8 Å². The van der Waals surface area contributed by atoms with Crippen molar-refractivity contribution < 1.29 is 27.8 Å². The van der Waals surface area contributed by atoms with Crippen LogP contribution in [0.1, 0.15) is 19.4 Å². The number of anilines is 2. The Balaban J connectivity index is 1.45. The average Bonchev–Trinajstić information content (AvgIpc) is 2.91. The van der Waals surface area contributed by atoms with E-state index in [-0.39, 0.29) is 35.0 Å². The van der Waals surface area contributed by atoms with Crippen LogP contribution in [0.2, 0.25) is 0 Å². The van der Waals surface area contributed by atoms with Crippen molar-refractivity contribution in [2.45, 2.75) is 20.3 Å². The third-order valence-electron chi connectivity index (χ3n) is 5.71. The number of carbonyl (C=O) groups is 2. The van der Waals surface area contributed by atoms with Gasteiger partial charge in [-0.15, -0.1) is 0 Å². The Hall–Kier alpha value is -4.80. The van der Waals surface area contributed by atoms with Crippen molar-refractivity contribution in [2.75, 3.05) is 24.3 Å². The Labute approximate surface area is 223 Å². The molecule has 39 heavy (non-hydrogen) atoms. The maximum absolute atomic E-state index is 14.9. The van der Waals surface area contributed by atoms with Gasteiger partial charge in [0.1, 0.15) is 17.9 Å². The van der Waals surface area contributed by atoms with Crippen LogP contribution in [0.3, 0.4) is 0 Å². The fraction of sp³-hybridized carbons (Fsp3) is 0.214. The highest BCUT2D eigenvalue weighted by atomic mass is 19.1. The molecular weight excluding hydrogens is 508 g/mol. The number of carbonyl (C=O) groups excluding carboxylic acids is 2. The summed E-state index contributed by atoms with van der Waals surface area (Å²) in [6.07, 6.45) is 1.78. The van der Waals surface area contributed by atoms with E-state index >= 15 is 0 Å². The number of nitrogens with one attached hydrogen (secondary N) is 3. The largest absolute Gasteiger partial charge is 0.494 e. The molecule has 4 rings (SSSR count). The average molecular weight is 536 g/mol. The Bertz CT molecular complexity index is 1500. The van der Waals surface area contributed by atoms with E-state index in [0.717, 1.165) is 11.6 Å². The summed E-state index contributed by atoms with van der Waals surface area (Å²) >= 11 is 0. The van der Waals surface area contributed by atoms with E-state index in [1.165, 1.54) is 37.7 Å². The number of benzene rings is 3. The molecule has 3 amide bonds. The van der Waals surface area contributed by atoms with Gasteiger partial charge in [-0.2, -0.15) is 0 Å². The molecular formula is C28H27F2N5O4. The van der Waals surface area contributed by atoms with Crippen molar-refractivity contribution in [3.63, 3.8) is 0 Å². The molecule has 0 saturated heterocycles. The normalized spacial score (nSPS) is 10.8. The lowest BCUT2D eigenvalue weighted by molar-refractivity contribution is -0.118. The lowest BCUT2D eigenvalue weighted by Crippen LogP contribution is -2.30. The van der Waals surface area contributed by atoms with E-state index in [1.54, 1.807) is 38.1 Å². The number of hydrogen-bond donors (Lipinski definition) is 3. The number of aromatic nitrogens is 2. The second-order valence-corrected chi connectivity index (χ2v) is 8.90. The molecule has 9 nitrogen and oxygen atoms in total. The first-order valence-electron chi connectivity index (χ1n) is 12.1. The summed E-state index contributed by atoms with van der Waals surface area (Å²) in [5.74, 6) is -1.17. The van der Waals surface area contributed by atoms with E-state index in [9.17, 15) is 18.4 Å². The standard InChI is InChI=1S/C28H27F2N5O4/c1-16(2)26(36)35-23-13-20-22(14-25(23)38-3)32-15-33-27(20)39-24-9-8-19(12-21(24)30)34-28(37)31-11-10-17-4-6-18(29)7-5-17/h4-9,12-16H,10-11H2,1-3H3,(H,35,36)(H2,31,34,37). The van der Waals surface area contributed by atoms with Crippen LogP contribution >= 0.6 is 0 Å². The van der Waals surface area contributed by atoms with Crippen LogP contribution in [-0.2, 0) is 11.2 Å². The molecule has 0 radical (unpaired) electrons. The molecule has 4 aromatic rings. The smallest absolute Gasteiger partial charge is 0.319 e. The van der Waals surface area contributed by atoms with E-state index in [4.69, 9.17) is 9.47 Å². The third kappa shape index (κ3) is 6.95. The number of amides is 3. The van der Waals surface area contributed by atoms with Crippen LogP contribution in [0.25, 0.3) is 10.9 Å². The molecule has 0 saturated carbocycles. The zero-order valence-corrected chi connectivity index (χ0v) is 21.5. The molecule has 0 aliphatic carbocycles. The lowest BCUT2D eigenvalue weighted by atomic mass is 10.1. The Morgan fingerprint density at radius 2 is 1.72 bits per heavy atom. The van der Waals surface area contributed by atoms with Gasteiger partial charge in [0, 0.05) is 30.3 Å². The summed E-state index contributed by atoms with van der Waals surface area (Å²) in [6.45, 7) is 3.84. The minimum atomic E-state index is -0.729. The molecule has 0 unspecified atom stereocenters. The molecule has 0 bridgehead atoms. The second-order valence-electron chi connectivity index (χ2n) is 8.90. The fourth-order valence-corrected chi connectivity index (χ4v) is 3.60. The zero-order valence-electron chi connectivity index (χ0n) is 21.5. The monoisotopic (exact) mass is 535 g/mol. The molecule has 1 aromatic heterocycles. The Kier molecular flexibility index (Phi) is 8.50. The van der Waals surface area contributed by atoms with Gasteiger partial charge < -0.3 is 25.4 Å².